The van der Waals surface area contributed by atoms with Gasteiger partial charge in [-0.3, -0.25) is 4.84 Å². The van der Waals surface area contributed by atoms with Gasteiger partial charge in [-0.25, -0.2) is 0 Å². The molecule has 0 spiro atoms. The maximum absolute atomic E-state index is 5.69. The molecule has 2 rings (SSSR count). The van der Waals surface area contributed by atoms with Crippen LogP contribution in [0.25, 0.3) is 0 Å². The van der Waals surface area contributed by atoms with E-state index in [1.54, 1.807) is 0 Å². The number of hydrogen-bond acceptors (Lipinski definition) is 2. The Balaban J connectivity index is 1.60. The molecular weight excluding hydrogens is 162 g/mol. The Kier molecular flexibility index (Phi) is 3.62. The van der Waals surface area contributed by atoms with E-state index in [0.717, 1.165) is 0 Å². The third kappa shape index (κ3) is 2.96. The van der Waals surface area contributed by atoms with Crippen molar-refractivity contribution < 1.29 is 4.84 Å². The molecule has 1 N–H and O–H groups in total. The molecule has 0 radical (unpaired) electrons. The second kappa shape index (κ2) is 4.97. The van der Waals surface area contributed by atoms with Crippen LogP contribution in [0.5, 0.6) is 0 Å². The highest BCUT2D eigenvalue weighted by atomic mass is 16.7. The number of hydroxylamine groups is 1. The molecule has 0 bridgehead atoms. The van der Waals surface area contributed by atoms with Gasteiger partial charge in [0.1, 0.15) is 0 Å². The normalized spacial score (nSPS) is 26.8. The molecule has 2 aliphatic rings. The average Bonchev–Trinajstić information content (AvgIpc) is 2.69. The first-order chi connectivity index (χ1) is 6.45. The number of hydrogen-bond donors (Lipinski definition) is 1. The van der Waals surface area contributed by atoms with Crippen molar-refractivity contribution in [3.8, 4) is 0 Å². The molecule has 0 aromatic carbocycles. The molecule has 0 aromatic heterocycles. The first kappa shape index (κ1) is 9.47. The van der Waals surface area contributed by atoms with Crippen molar-refractivity contribution in [2.24, 2.45) is 0 Å². The summed E-state index contributed by atoms with van der Waals surface area (Å²) in [6, 6.07) is 0.648. The SMILES string of the molecule is C1CCC(NOC2CCCC2)CC1. The molecule has 2 saturated carbocycles. The monoisotopic (exact) mass is 183 g/mol. The summed E-state index contributed by atoms with van der Waals surface area (Å²) in [6.07, 6.45) is 12.6. The van der Waals surface area contributed by atoms with E-state index in [9.17, 15) is 0 Å². The van der Waals surface area contributed by atoms with E-state index in [-0.39, 0.29) is 0 Å². The second-order valence-corrected chi connectivity index (χ2v) is 4.48. The van der Waals surface area contributed by atoms with Crippen LogP contribution in [-0.2, 0) is 4.84 Å². The van der Waals surface area contributed by atoms with Crippen molar-refractivity contribution in [1.82, 2.24) is 5.48 Å². The van der Waals surface area contributed by atoms with E-state index < -0.39 is 0 Å². The highest BCUT2D eigenvalue weighted by Gasteiger charge is 2.18. The predicted octanol–water partition coefficient (Wildman–Crippen LogP) is 2.78. The highest BCUT2D eigenvalue weighted by Crippen LogP contribution is 2.22. The summed E-state index contributed by atoms with van der Waals surface area (Å²) in [7, 11) is 0. The fraction of sp³-hybridized carbons (Fsp3) is 1.00. The Morgan fingerprint density at radius 1 is 0.769 bits per heavy atom. The van der Waals surface area contributed by atoms with Crippen LogP contribution >= 0.6 is 0 Å². The van der Waals surface area contributed by atoms with Gasteiger partial charge < -0.3 is 0 Å². The quantitative estimate of drug-likeness (QED) is 0.679. The summed E-state index contributed by atoms with van der Waals surface area (Å²) in [5.74, 6) is 0. The minimum atomic E-state index is 0.516. The van der Waals surface area contributed by atoms with E-state index in [4.69, 9.17) is 4.84 Å². The standard InChI is InChI=1S/C11H21NO/c1-2-6-10(7-3-1)12-13-11-8-4-5-9-11/h10-12H,1-9H2. The summed E-state index contributed by atoms with van der Waals surface area (Å²) in [6.45, 7) is 0. The topological polar surface area (TPSA) is 21.3 Å². The molecular formula is C11H21NO. The fourth-order valence-electron chi connectivity index (χ4n) is 2.42. The van der Waals surface area contributed by atoms with E-state index in [1.165, 1.54) is 57.8 Å². The predicted molar refractivity (Wildman–Crippen MR) is 53.3 cm³/mol. The Morgan fingerprint density at radius 3 is 2.08 bits per heavy atom. The molecule has 0 unspecified atom stereocenters. The van der Waals surface area contributed by atoms with Crippen molar-refractivity contribution >= 4 is 0 Å². The molecule has 2 aliphatic carbocycles. The number of rotatable bonds is 3. The Hall–Kier alpha value is -0.0800. The molecule has 76 valence electrons. The summed E-state index contributed by atoms with van der Waals surface area (Å²) in [4.78, 5) is 5.69. The fourth-order valence-corrected chi connectivity index (χ4v) is 2.42. The van der Waals surface area contributed by atoms with Crippen LogP contribution in [0.1, 0.15) is 57.8 Å². The summed E-state index contributed by atoms with van der Waals surface area (Å²) < 4.78 is 0. The van der Waals surface area contributed by atoms with Crippen LogP contribution in [0.3, 0.4) is 0 Å². The van der Waals surface area contributed by atoms with Crippen molar-refractivity contribution in [3.63, 3.8) is 0 Å². The first-order valence-corrected chi connectivity index (χ1v) is 5.86. The Labute approximate surface area is 81.0 Å². The van der Waals surface area contributed by atoms with E-state index in [1.807, 2.05) is 0 Å². The largest absolute Gasteiger partial charge is 0.298 e. The van der Waals surface area contributed by atoms with Gasteiger partial charge in [-0.05, 0) is 25.7 Å². The van der Waals surface area contributed by atoms with Crippen LogP contribution in [-0.4, -0.2) is 12.1 Å². The zero-order chi connectivity index (χ0) is 8.93. The zero-order valence-corrected chi connectivity index (χ0v) is 8.43. The molecule has 0 atom stereocenters. The van der Waals surface area contributed by atoms with Gasteiger partial charge in [0.05, 0.1) is 6.10 Å². The lowest BCUT2D eigenvalue weighted by molar-refractivity contribution is -0.0459. The molecule has 0 aliphatic heterocycles. The van der Waals surface area contributed by atoms with Gasteiger partial charge in [0.15, 0.2) is 0 Å². The molecule has 0 saturated heterocycles. The van der Waals surface area contributed by atoms with Crippen molar-refractivity contribution in [2.75, 3.05) is 0 Å². The van der Waals surface area contributed by atoms with Crippen LogP contribution < -0.4 is 5.48 Å². The molecule has 0 amide bonds. The van der Waals surface area contributed by atoms with Crippen molar-refractivity contribution in [1.29, 1.82) is 0 Å². The maximum Gasteiger partial charge on any atom is 0.0790 e. The van der Waals surface area contributed by atoms with Gasteiger partial charge >= 0.3 is 0 Å². The van der Waals surface area contributed by atoms with Crippen LogP contribution in [0, 0.1) is 0 Å². The van der Waals surface area contributed by atoms with Gasteiger partial charge in [0.2, 0.25) is 0 Å². The van der Waals surface area contributed by atoms with Crippen LogP contribution in [0.4, 0.5) is 0 Å². The lowest BCUT2D eigenvalue weighted by atomic mass is 9.96. The number of nitrogens with one attached hydrogen (secondary N) is 1. The van der Waals surface area contributed by atoms with Gasteiger partial charge in [0.25, 0.3) is 0 Å². The molecule has 0 heterocycles. The highest BCUT2D eigenvalue weighted by molar-refractivity contribution is 4.70. The van der Waals surface area contributed by atoms with Crippen molar-refractivity contribution in [3.05, 3.63) is 0 Å². The summed E-state index contributed by atoms with van der Waals surface area (Å²) >= 11 is 0. The van der Waals surface area contributed by atoms with E-state index in [2.05, 4.69) is 5.48 Å². The molecule has 13 heavy (non-hydrogen) atoms. The third-order valence-corrected chi connectivity index (χ3v) is 3.31. The molecule has 2 fully saturated rings. The average molecular weight is 183 g/mol. The summed E-state index contributed by atoms with van der Waals surface area (Å²) in [5, 5.41) is 0. The lowest BCUT2D eigenvalue weighted by Gasteiger charge is -2.24. The Morgan fingerprint density at radius 2 is 1.38 bits per heavy atom. The maximum atomic E-state index is 5.69. The zero-order valence-electron chi connectivity index (χ0n) is 8.43. The van der Waals surface area contributed by atoms with E-state index >= 15 is 0 Å². The van der Waals surface area contributed by atoms with Crippen LogP contribution in [0.2, 0.25) is 0 Å². The first-order valence-electron chi connectivity index (χ1n) is 5.86. The summed E-state index contributed by atoms with van der Waals surface area (Å²) in [5.41, 5.74) is 3.26. The smallest absolute Gasteiger partial charge is 0.0790 e. The minimum absolute atomic E-state index is 0.516. The Bertz CT molecular complexity index is 137. The van der Waals surface area contributed by atoms with E-state index in [0.29, 0.717) is 12.1 Å². The third-order valence-electron chi connectivity index (χ3n) is 3.31. The molecule has 0 aromatic rings. The van der Waals surface area contributed by atoms with Gasteiger partial charge in [-0.2, -0.15) is 5.48 Å². The van der Waals surface area contributed by atoms with Crippen LogP contribution in [0.15, 0.2) is 0 Å². The van der Waals surface area contributed by atoms with Crippen molar-refractivity contribution in [2.45, 2.75) is 69.9 Å². The van der Waals surface area contributed by atoms with Gasteiger partial charge in [-0.1, -0.05) is 32.1 Å². The van der Waals surface area contributed by atoms with Gasteiger partial charge in [-0.15, -0.1) is 0 Å². The molecule has 2 nitrogen and oxygen atoms in total. The second-order valence-electron chi connectivity index (χ2n) is 4.48. The molecule has 2 heteroatoms. The lowest BCUT2D eigenvalue weighted by Crippen LogP contribution is -2.34. The van der Waals surface area contributed by atoms with Gasteiger partial charge in [0, 0.05) is 6.04 Å². The minimum Gasteiger partial charge on any atom is -0.298 e.